The lowest BCUT2D eigenvalue weighted by Crippen LogP contribution is -2.29. The van der Waals surface area contributed by atoms with Crippen LogP contribution >= 0.6 is 0 Å². The van der Waals surface area contributed by atoms with E-state index in [4.69, 9.17) is 4.74 Å². The van der Waals surface area contributed by atoms with Crippen molar-refractivity contribution >= 4 is 16.9 Å². The molecule has 3 aromatic rings. The number of aromatic nitrogens is 3. The number of hydrogen-bond acceptors (Lipinski definition) is 5. The van der Waals surface area contributed by atoms with Crippen LogP contribution in [-0.2, 0) is 17.8 Å². The van der Waals surface area contributed by atoms with Gasteiger partial charge in [-0.15, -0.1) is 0 Å². The van der Waals surface area contributed by atoms with Crippen molar-refractivity contribution in [2.75, 3.05) is 6.61 Å². The van der Waals surface area contributed by atoms with Crippen LogP contribution < -0.4 is 10.9 Å². The number of benzene rings is 1. The van der Waals surface area contributed by atoms with Gasteiger partial charge >= 0.3 is 6.09 Å². The molecule has 1 N–H and O–H groups in total. The molecular formula is C18H18N4O3. The van der Waals surface area contributed by atoms with Crippen LogP contribution in [0.1, 0.15) is 18.2 Å². The van der Waals surface area contributed by atoms with Gasteiger partial charge in [0.1, 0.15) is 0 Å². The molecule has 1 amide bonds. The monoisotopic (exact) mass is 338 g/mol. The summed E-state index contributed by atoms with van der Waals surface area (Å²) >= 11 is 0. The molecule has 0 spiro atoms. The predicted molar refractivity (Wildman–Crippen MR) is 93.2 cm³/mol. The van der Waals surface area contributed by atoms with Gasteiger partial charge in [-0.3, -0.25) is 9.78 Å². The second-order valence-corrected chi connectivity index (χ2v) is 5.39. The fraction of sp³-hybridized carbons (Fsp3) is 0.222. The van der Waals surface area contributed by atoms with E-state index in [0.717, 1.165) is 5.56 Å². The molecule has 0 aliphatic carbocycles. The van der Waals surface area contributed by atoms with Gasteiger partial charge in [0.25, 0.3) is 5.56 Å². The number of amides is 1. The molecule has 0 unspecified atom stereocenters. The number of carbonyl (C=O) groups is 1. The van der Waals surface area contributed by atoms with Gasteiger partial charge in [0.15, 0.2) is 0 Å². The summed E-state index contributed by atoms with van der Waals surface area (Å²) in [5, 5.41) is 8.36. The Balaban J connectivity index is 1.98. The van der Waals surface area contributed by atoms with Crippen LogP contribution in [0.25, 0.3) is 10.8 Å². The van der Waals surface area contributed by atoms with Crippen LogP contribution in [0, 0.1) is 0 Å². The van der Waals surface area contributed by atoms with Gasteiger partial charge in [0.2, 0.25) is 0 Å². The summed E-state index contributed by atoms with van der Waals surface area (Å²) in [5.74, 6) is 0. The number of hydrogen-bond donors (Lipinski definition) is 1. The number of rotatable bonds is 5. The van der Waals surface area contributed by atoms with Gasteiger partial charge in [-0.05, 0) is 24.6 Å². The third-order valence-corrected chi connectivity index (χ3v) is 3.67. The molecule has 2 heterocycles. The van der Waals surface area contributed by atoms with Crippen molar-refractivity contribution in [2.45, 2.75) is 20.0 Å². The summed E-state index contributed by atoms with van der Waals surface area (Å²) in [4.78, 5) is 28.3. The number of nitrogens with one attached hydrogen (secondary N) is 1. The predicted octanol–water partition coefficient (Wildman–Crippen LogP) is 2.09. The van der Waals surface area contributed by atoms with E-state index in [-0.39, 0.29) is 12.1 Å². The van der Waals surface area contributed by atoms with Crippen LogP contribution in [0.2, 0.25) is 0 Å². The zero-order valence-electron chi connectivity index (χ0n) is 13.8. The Hall–Kier alpha value is -3.22. The third kappa shape index (κ3) is 3.82. The van der Waals surface area contributed by atoms with E-state index < -0.39 is 6.09 Å². The molecule has 1 aromatic carbocycles. The summed E-state index contributed by atoms with van der Waals surface area (Å²) in [7, 11) is 0. The van der Waals surface area contributed by atoms with Crippen molar-refractivity contribution in [1.82, 2.24) is 20.1 Å². The molecule has 0 atom stereocenters. The van der Waals surface area contributed by atoms with Gasteiger partial charge in [-0.2, -0.15) is 5.10 Å². The van der Waals surface area contributed by atoms with Crippen LogP contribution in [-0.4, -0.2) is 27.5 Å². The Bertz CT molecular complexity index is 938. The summed E-state index contributed by atoms with van der Waals surface area (Å²) in [6, 6.07) is 10.9. The first-order valence-corrected chi connectivity index (χ1v) is 7.97. The summed E-state index contributed by atoms with van der Waals surface area (Å²) in [6.07, 6.45) is 2.85. The minimum atomic E-state index is -0.515. The highest BCUT2D eigenvalue weighted by Gasteiger charge is 2.12. The van der Waals surface area contributed by atoms with Gasteiger partial charge in [-0.25, -0.2) is 9.48 Å². The van der Waals surface area contributed by atoms with E-state index in [0.29, 0.717) is 29.6 Å². The van der Waals surface area contributed by atoms with Crippen LogP contribution in [0.4, 0.5) is 4.79 Å². The topological polar surface area (TPSA) is 86.1 Å². The highest BCUT2D eigenvalue weighted by atomic mass is 16.5. The number of fused-ring (bicyclic) bond motifs is 1. The Morgan fingerprint density at radius 3 is 2.72 bits per heavy atom. The SMILES string of the molecule is CCOC(=O)NCc1nn(Cc2cccnc2)c(=O)c2ccccc12. The van der Waals surface area contributed by atoms with Crippen molar-refractivity contribution in [1.29, 1.82) is 0 Å². The van der Waals surface area contributed by atoms with Gasteiger partial charge < -0.3 is 10.1 Å². The van der Waals surface area contributed by atoms with E-state index >= 15 is 0 Å². The highest BCUT2D eigenvalue weighted by Crippen LogP contribution is 2.13. The third-order valence-electron chi connectivity index (χ3n) is 3.67. The van der Waals surface area contributed by atoms with Crippen LogP contribution in [0.15, 0.2) is 53.6 Å². The lowest BCUT2D eigenvalue weighted by Gasteiger charge is -2.11. The molecule has 0 aliphatic heterocycles. The molecule has 7 heteroatoms. The molecule has 0 aliphatic rings. The first-order chi connectivity index (χ1) is 12.2. The van der Waals surface area contributed by atoms with Crippen molar-refractivity contribution in [2.24, 2.45) is 0 Å². The summed E-state index contributed by atoms with van der Waals surface area (Å²) < 4.78 is 6.26. The maximum absolute atomic E-state index is 12.7. The molecule has 128 valence electrons. The Labute approximate surface area is 144 Å². The summed E-state index contributed by atoms with van der Waals surface area (Å²) in [6.45, 7) is 2.51. The second kappa shape index (κ2) is 7.57. The van der Waals surface area contributed by atoms with Crippen molar-refractivity contribution in [3.05, 3.63) is 70.4 Å². The molecule has 0 saturated heterocycles. The van der Waals surface area contributed by atoms with Crippen molar-refractivity contribution < 1.29 is 9.53 Å². The Morgan fingerprint density at radius 2 is 2.00 bits per heavy atom. The minimum absolute atomic E-state index is 0.173. The highest BCUT2D eigenvalue weighted by molar-refractivity contribution is 5.83. The molecule has 3 rings (SSSR count). The number of pyridine rings is 1. The number of carbonyl (C=O) groups excluding carboxylic acids is 1. The Morgan fingerprint density at radius 1 is 1.20 bits per heavy atom. The van der Waals surface area contributed by atoms with Gasteiger partial charge in [-0.1, -0.05) is 24.3 Å². The molecule has 25 heavy (non-hydrogen) atoms. The fourth-order valence-electron chi connectivity index (χ4n) is 2.55. The maximum atomic E-state index is 12.7. The standard InChI is InChI=1S/C18H18N4O3/c1-2-25-18(24)20-11-16-14-7-3-4-8-15(14)17(23)22(21-16)12-13-6-5-9-19-10-13/h3-10H,2,11-12H2,1H3,(H,20,24). The van der Waals surface area contributed by atoms with Gasteiger partial charge in [0.05, 0.1) is 30.8 Å². The lowest BCUT2D eigenvalue weighted by atomic mass is 10.1. The molecule has 2 aromatic heterocycles. The van der Waals surface area contributed by atoms with Crippen LogP contribution in [0.5, 0.6) is 0 Å². The quantitative estimate of drug-likeness (QED) is 0.770. The van der Waals surface area contributed by atoms with E-state index in [1.165, 1.54) is 4.68 Å². The second-order valence-electron chi connectivity index (χ2n) is 5.39. The molecule has 0 saturated carbocycles. The smallest absolute Gasteiger partial charge is 0.407 e. The zero-order chi connectivity index (χ0) is 17.6. The molecule has 0 fully saturated rings. The first kappa shape index (κ1) is 16.6. The number of ether oxygens (including phenoxy) is 1. The van der Waals surface area contributed by atoms with Crippen LogP contribution in [0.3, 0.4) is 0 Å². The maximum Gasteiger partial charge on any atom is 0.407 e. The molecule has 7 nitrogen and oxygen atoms in total. The zero-order valence-corrected chi connectivity index (χ0v) is 13.8. The minimum Gasteiger partial charge on any atom is -0.450 e. The average Bonchev–Trinajstić information content (AvgIpc) is 2.64. The largest absolute Gasteiger partial charge is 0.450 e. The van der Waals surface area contributed by atoms with E-state index in [2.05, 4.69) is 15.4 Å². The fourth-order valence-corrected chi connectivity index (χ4v) is 2.55. The Kier molecular flexibility index (Phi) is 5.03. The lowest BCUT2D eigenvalue weighted by molar-refractivity contribution is 0.151. The van der Waals surface area contributed by atoms with E-state index in [1.807, 2.05) is 24.3 Å². The summed E-state index contributed by atoms with van der Waals surface area (Å²) in [5.41, 5.74) is 1.29. The van der Waals surface area contributed by atoms with E-state index in [1.54, 1.807) is 31.5 Å². The van der Waals surface area contributed by atoms with Crippen molar-refractivity contribution in [3.8, 4) is 0 Å². The normalized spacial score (nSPS) is 10.6. The van der Waals surface area contributed by atoms with Gasteiger partial charge in [0, 0.05) is 17.8 Å². The number of alkyl carbamates (subject to hydrolysis) is 1. The first-order valence-electron chi connectivity index (χ1n) is 7.97. The molecule has 0 radical (unpaired) electrons. The molecule has 0 bridgehead atoms. The van der Waals surface area contributed by atoms with Crippen molar-refractivity contribution in [3.63, 3.8) is 0 Å². The van der Waals surface area contributed by atoms with E-state index in [9.17, 15) is 9.59 Å². The number of nitrogens with zero attached hydrogens (tertiary/aromatic N) is 3. The molecular weight excluding hydrogens is 320 g/mol. The average molecular weight is 338 g/mol.